The first-order chi connectivity index (χ1) is 7.04. The smallest absolute Gasteiger partial charge is 0.133 e. The lowest BCUT2D eigenvalue weighted by molar-refractivity contribution is 0.236. The van der Waals surface area contributed by atoms with Crippen LogP contribution in [-0.2, 0) is 0 Å². The molecule has 0 aliphatic carbocycles. The fourth-order valence-corrected chi connectivity index (χ4v) is 1.97. The van der Waals surface area contributed by atoms with E-state index in [9.17, 15) is 0 Å². The Morgan fingerprint density at radius 1 is 1.13 bits per heavy atom. The Kier molecular flexibility index (Phi) is 4.52. The summed E-state index contributed by atoms with van der Waals surface area (Å²) in [5.74, 6) is 1.57. The Morgan fingerprint density at radius 3 is 2.27 bits per heavy atom. The molecule has 0 spiro atoms. The van der Waals surface area contributed by atoms with Crippen molar-refractivity contribution in [2.45, 2.75) is 44.6 Å². The van der Waals surface area contributed by atoms with Crippen molar-refractivity contribution in [1.29, 1.82) is 0 Å². The first-order valence-corrected chi connectivity index (χ1v) is 6.61. The van der Waals surface area contributed by atoms with Crippen molar-refractivity contribution in [2.75, 3.05) is 6.26 Å². The minimum absolute atomic E-state index is 0.237. The van der Waals surface area contributed by atoms with Crippen molar-refractivity contribution < 1.29 is 4.74 Å². The van der Waals surface area contributed by atoms with Gasteiger partial charge in [-0.25, -0.2) is 0 Å². The summed E-state index contributed by atoms with van der Waals surface area (Å²) in [4.78, 5) is 1.23. The third-order valence-electron chi connectivity index (χ3n) is 2.22. The number of thioether (sulfide) groups is 1. The van der Waals surface area contributed by atoms with Crippen molar-refractivity contribution in [1.82, 2.24) is 0 Å². The molecule has 0 aliphatic rings. The molecular weight excluding hydrogens is 204 g/mol. The Bertz CT molecular complexity index is 318. The lowest BCUT2D eigenvalue weighted by Gasteiger charge is -2.15. The minimum Gasteiger partial charge on any atom is -0.490 e. The van der Waals surface area contributed by atoms with Crippen LogP contribution in [0.25, 0.3) is 0 Å². The lowest BCUT2D eigenvalue weighted by atomic mass is 10.0. The zero-order chi connectivity index (χ0) is 11.4. The zero-order valence-corrected chi connectivity index (χ0v) is 11.0. The molecule has 0 aliphatic heterocycles. The van der Waals surface area contributed by atoms with E-state index >= 15 is 0 Å². The standard InChI is InChI=1S/C13H20OS/c1-9(2)11-6-7-12(14-10(3)4)13(8-11)15-5/h6-10H,1-5H3. The molecule has 1 aromatic carbocycles. The van der Waals surface area contributed by atoms with Crippen LogP contribution in [0.2, 0.25) is 0 Å². The third-order valence-corrected chi connectivity index (χ3v) is 2.98. The molecule has 84 valence electrons. The van der Waals surface area contributed by atoms with Gasteiger partial charge in [-0.2, -0.15) is 0 Å². The van der Waals surface area contributed by atoms with Crippen molar-refractivity contribution in [3.63, 3.8) is 0 Å². The van der Waals surface area contributed by atoms with E-state index < -0.39 is 0 Å². The monoisotopic (exact) mass is 224 g/mol. The summed E-state index contributed by atoms with van der Waals surface area (Å²) in [5, 5.41) is 0. The predicted octanol–water partition coefficient (Wildman–Crippen LogP) is 4.32. The molecule has 0 amide bonds. The van der Waals surface area contributed by atoms with Crippen LogP contribution in [0.3, 0.4) is 0 Å². The molecule has 0 radical (unpaired) electrons. The second-order valence-electron chi connectivity index (χ2n) is 4.23. The molecule has 0 unspecified atom stereocenters. The second kappa shape index (κ2) is 5.45. The number of hydrogen-bond donors (Lipinski definition) is 0. The summed E-state index contributed by atoms with van der Waals surface area (Å²) in [7, 11) is 0. The van der Waals surface area contributed by atoms with Gasteiger partial charge in [0.25, 0.3) is 0 Å². The van der Waals surface area contributed by atoms with Gasteiger partial charge in [-0.05, 0) is 43.7 Å². The minimum atomic E-state index is 0.237. The number of rotatable bonds is 4. The van der Waals surface area contributed by atoms with Crippen LogP contribution in [0.4, 0.5) is 0 Å². The van der Waals surface area contributed by atoms with Crippen LogP contribution in [0.1, 0.15) is 39.2 Å². The molecule has 15 heavy (non-hydrogen) atoms. The van der Waals surface area contributed by atoms with Crippen LogP contribution in [0, 0.1) is 0 Å². The average molecular weight is 224 g/mol. The molecule has 1 aromatic rings. The molecular formula is C13H20OS. The lowest BCUT2D eigenvalue weighted by Crippen LogP contribution is -2.06. The summed E-state index contributed by atoms with van der Waals surface area (Å²) < 4.78 is 5.75. The van der Waals surface area contributed by atoms with Crippen LogP contribution in [0.15, 0.2) is 23.1 Å². The maximum atomic E-state index is 5.75. The molecule has 1 rings (SSSR count). The summed E-state index contributed by atoms with van der Waals surface area (Å²) in [6.45, 7) is 8.53. The van der Waals surface area contributed by atoms with E-state index in [-0.39, 0.29) is 6.10 Å². The number of benzene rings is 1. The molecule has 0 fully saturated rings. The van der Waals surface area contributed by atoms with Crippen molar-refractivity contribution in [2.24, 2.45) is 0 Å². The van der Waals surface area contributed by atoms with Gasteiger partial charge in [-0.3, -0.25) is 0 Å². The largest absolute Gasteiger partial charge is 0.490 e. The van der Waals surface area contributed by atoms with Gasteiger partial charge in [0.2, 0.25) is 0 Å². The van der Waals surface area contributed by atoms with Gasteiger partial charge in [-0.1, -0.05) is 19.9 Å². The van der Waals surface area contributed by atoms with E-state index in [2.05, 4.69) is 52.1 Å². The van der Waals surface area contributed by atoms with E-state index in [1.165, 1.54) is 10.5 Å². The molecule has 0 N–H and O–H groups in total. The summed E-state index contributed by atoms with van der Waals surface area (Å²) in [6, 6.07) is 6.47. The highest BCUT2D eigenvalue weighted by Gasteiger charge is 2.07. The van der Waals surface area contributed by atoms with E-state index in [1.807, 2.05) is 0 Å². The van der Waals surface area contributed by atoms with Gasteiger partial charge in [-0.15, -0.1) is 11.8 Å². The van der Waals surface area contributed by atoms with Crippen molar-refractivity contribution in [3.05, 3.63) is 23.8 Å². The van der Waals surface area contributed by atoms with Gasteiger partial charge >= 0.3 is 0 Å². The van der Waals surface area contributed by atoms with Gasteiger partial charge < -0.3 is 4.74 Å². The van der Waals surface area contributed by atoms with E-state index in [0.717, 1.165) is 5.75 Å². The molecule has 0 aromatic heterocycles. The Balaban J connectivity index is 2.98. The highest BCUT2D eigenvalue weighted by atomic mass is 32.2. The quantitative estimate of drug-likeness (QED) is 0.704. The number of ether oxygens (including phenoxy) is 1. The van der Waals surface area contributed by atoms with Gasteiger partial charge in [0.1, 0.15) is 5.75 Å². The Hall–Kier alpha value is -0.630. The Labute approximate surface area is 97.2 Å². The van der Waals surface area contributed by atoms with Gasteiger partial charge in [0.05, 0.1) is 6.10 Å². The molecule has 0 saturated carbocycles. The van der Waals surface area contributed by atoms with E-state index in [1.54, 1.807) is 11.8 Å². The van der Waals surface area contributed by atoms with Crippen molar-refractivity contribution >= 4 is 11.8 Å². The molecule has 0 atom stereocenters. The van der Waals surface area contributed by atoms with Crippen LogP contribution in [-0.4, -0.2) is 12.4 Å². The zero-order valence-electron chi connectivity index (χ0n) is 10.2. The SMILES string of the molecule is CSc1cc(C(C)C)ccc1OC(C)C. The fraction of sp³-hybridized carbons (Fsp3) is 0.538. The first kappa shape index (κ1) is 12.4. The molecule has 2 heteroatoms. The molecule has 0 bridgehead atoms. The first-order valence-electron chi connectivity index (χ1n) is 5.39. The molecule has 0 heterocycles. The third kappa shape index (κ3) is 3.45. The van der Waals surface area contributed by atoms with Crippen LogP contribution < -0.4 is 4.74 Å². The fourth-order valence-electron chi connectivity index (χ4n) is 1.39. The van der Waals surface area contributed by atoms with Crippen LogP contribution in [0.5, 0.6) is 5.75 Å². The molecule has 0 saturated heterocycles. The van der Waals surface area contributed by atoms with E-state index in [0.29, 0.717) is 5.92 Å². The predicted molar refractivity (Wildman–Crippen MR) is 68.1 cm³/mol. The summed E-state index contributed by atoms with van der Waals surface area (Å²) >= 11 is 1.74. The normalized spacial score (nSPS) is 11.1. The van der Waals surface area contributed by atoms with Crippen LogP contribution >= 0.6 is 11.8 Å². The topological polar surface area (TPSA) is 9.23 Å². The molecule has 1 nitrogen and oxygen atoms in total. The summed E-state index contributed by atoms with van der Waals surface area (Å²) in [6.07, 6.45) is 2.33. The average Bonchev–Trinajstić information content (AvgIpc) is 2.17. The number of hydrogen-bond acceptors (Lipinski definition) is 2. The second-order valence-corrected chi connectivity index (χ2v) is 5.08. The summed E-state index contributed by atoms with van der Waals surface area (Å²) in [5.41, 5.74) is 1.37. The van der Waals surface area contributed by atoms with Gasteiger partial charge in [0.15, 0.2) is 0 Å². The maximum absolute atomic E-state index is 5.75. The Morgan fingerprint density at radius 2 is 1.80 bits per heavy atom. The van der Waals surface area contributed by atoms with Crippen molar-refractivity contribution in [3.8, 4) is 5.75 Å². The highest BCUT2D eigenvalue weighted by Crippen LogP contribution is 2.31. The highest BCUT2D eigenvalue weighted by molar-refractivity contribution is 7.98. The van der Waals surface area contributed by atoms with Gasteiger partial charge in [0, 0.05) is 4.90 Å². The maximum Gasteiger partial charge on any atom is 0.133 e. The van der Waals surface area contributed by atoms with E-state index in [4.69, 9.17) is 4.74 Å².